The Morgan fingerprint density at radius 1 is 1.16 bits per heavy atom. The first kappa shape index (κ1) is 26.0. The van der Waals surface area contributed by atoms with E-state index < -0.39 is 5.41 Å². The number of nitrogens with one attached hydrogen (secondary N) is 3. The average Bonchev–Trinajstić information content (AvgIpc) is 2.90. The van der Waals surface area contributed by atoms with Crippen molar-refractivity contribution in [3.05, 3.63) is 59.2 Å². The second-order valence-electron chi connectivity index (χ2n) is 9.10. The molecule has 194 valence electrons. The lowest BCUT2D eigenvalue weighted by Gasteiger charge is -2.39. The van der Waals surface area contributed by atoms with Gasteiger partial charge in [0.2, 0.25) is 11.9 Å². The third-order valence-electron chi connectivity index (χ3n) is 6.48. The highest BCUT2D eigenvalue weighted by Gasteiger charge is 2.36. The van der Waals surface area contributed by atoms with Gasteiger partial charge in [0.05, 0.1) is 35.7 Å². The summed E-state index contributed by atoms with van der Waals surface area (Å²) < 4.78 is 5.63. The predicted octanol–water partition coefficient (Wildman–Crippen LogP) is 4.08. The summed E-state index contributed by atoms with van der Waals surface area (Å²) >= 11 is 6.35. The lowest BCUT2D eigenvalue weighted by Crippen LogP contribution is -2.48. The Bertz CT molecular complexity index is 1320. The largest absolute Gasteiger partial charge is 0.494 e. The van der Waals surface area contributed by atoms with Crippen LogP contribution in [-0.4, -0.2) is 49.0 Å². The molecule has 5 N–H and O–H groups in total. The van der Waals surface area contributed by atoms with E-state index in [0.717, 1.165) is 25.1 Å². The first-order valence-electron chi connectivity index (χ1n) is 11.8. The van der Waals surface area contributed by atoms with E-state index in [0.29, 0.717) is 40.1 Å². The lowest BCUT2D eigenvalue weighted by molar-refractivity contribution is -0.127. The van der Waals surface area contributed by atoms with Gasteiger partial charge < -0.3 is 31.3 Å². The smallest absolute Gasteiger partial charge is 0.253 e. The van der Waals surface area contributed by atoms with Crippen molar-refractivity contribution in [2.24, 2.45) is 11.1 Å². The minimum atomic E-state index is -0.570. The van der Waals surface area contributed by atoms with Crippen molar-refractivity contribution >= 4 is 52.2 Å². The first-order chi connectivity index (χ1) is 17.7. The number of amides is 2. The molecule has 1 fully saturated rings. The van der Waals surface area contributed by atoms with Crippen molar-refractivity contribution in [3.63, 3.8) is 0 Å². The molecule has 4 rings (SSSR count). The number of aromatic nitrogens is 2. The Balaban J connectivity index is 1.56. The summed E-state index contributed by atoms with van der Waals surface area (Å²) in [4.78, 5) is 35.1. The third kappa shape index (κ3) is 5.69. The number of primary amides is 1. The van der Waals surface area contributed by atoms with E-state index in [1.54, 1.807) is 32.4 Å². The van der Waals surface area contributed by atoms with Gasteiger partial charge in [-0.05, 0) is 44.0 Å². The van der Waals surface area contributed by atoms with Gasteiger partial charge in [-0.25, -0.2) is 4.98 Å². The van der Waals surface area contributed by atoms with Crippen LogP contribution >= 0.6 is 11.6 Å². The molecule has 0 saturated carbocycles. The molecule has 37 heavy (non-hydrogen) atoms. The maximum atomic E-state index is 12.2. The van der Waals surface area contributed by atoms with Gasteiger partial charge in [0.25, 0.3) is 5.91 Å². The average molecular weight is 524 g/mol. The normalized spacial score (nSPS) is 17.1. The number of rotatable bonds is 8. The Hall–Kier alpha value is -4.05. The molecular formula is C26H30ClN7O3. The summed E-state index contributed by atoms with van der Waals surface area (Å²) in [6.45, 7) is 3.28. The molecule has 3 aromatic rings. The van der Waals surface area contributed by atoms with E-state index in [4.69, 9.17) is 22.1 Å². The minimum Gasteiger partial charge on any atom is -0.494 e. The number of hydrogen-bond donors (Lipinski definition) is 4. The summed E-state index contributed by atoms with van der Waals surface area (Å²) in [7, 11) is 3.15. The molecule has 2 aromatic carbocycles. The molecule has 2 amide bonds. The molecule has 0 radical (unpaired) electrons. The van der Waals surface area contributed by atoms with Crippen LogP contribution in [0, 0.1) is 5.41 Å². The van der Waals surface area contributed by atoms with E-state index >= 15 is 0 Å². The number of carbonyl (C=O) groups excluding carboxylic acids is 2. The van der Waals surface area contributed by atoms with Crippen LogP contribution < -0.4 is 31.3 Å². The molecule has 1 unspecified atom stereocenters. The lowest BCUT2D eigenvalue weighted by atomic mass is 9.81. The highest BCUT2D eigenvalue weighted by molar-refractivity contribution is 6.33. The molecular weight excluding hydrogens is 494 g/mol. The number of benzene rings is 2. The van der Waals surface area contributed by atoms with Crippen molar-refractivity contribution in [3.8, 4) is 5.75 Å². The van der Waals surface area contributed by atoms with Crippen molar-refractivity contribution < 1.29 is 14.3 Å². The third-order valence-corrected chi connectivity index (χ3v) is 6.76. The number of anilines is 5. The molecule has 1 saturated heterocycles. The zero-order valence-electron chi connectivity index (χ0n) is 21.0. The summed E-state index contributed by atoms with van der Waals surface area (Å²) in [6.07, 6.45) is 3.12. The quantitative estimate of drug-likeness (QED) is 0.347. The summed E-state index contributed by atoms with van der Waals surface area (Å²) in [5.41, 5.74) is 7.68. The fourth-order valence-corrected chi connectivity index (χ4v) is 4.47. The van der Waals surface area contributed by atoms with Crippen molar-refractivity contribution in [2.75, 3.05) is 42.8 Å². The Labute approximate surface area is 220 Å². The number of halogens is 1. The SMILES string of the molecule is CNC(=O)c1ccccc1Nc1nc(Nc2ccc(N3CCCC(C)(C(N)=O)C3)cc2OC)ncc1Cl. The monoisotopic (exact) mass is 523 g/mol. The van der Waals surface area contributed by atoms with Crippen LogP contribution in [0.1, 0.15) is 30.1 Å². The van der Waals surface area contributed by atoms with Crippen LogP contribution in [0.25, 0.3) is 0 Å². The number of methoxy groups -OCH3 is 1. The maximum absolute atomic E-state index is 12.2. The van der Waals surface area contributed by atoms with Gasteiger partial charge in [-0.15, -0.1) is 0 Å². The fraction of sp³-hybridized carbons (Fsp3) is 0.308. The zero-order chi connectivity index (χ0) is 26.6. The van der Waals surface area contributed by atoms with Crippen LogP contribution in [0.15, 0.2) is 48.7 Å². The van der Waals surface area contributed by atoms with Crippen LogP contribution in [0.4, 0.5) is 28.8 Å². The molecule has 0 bridgehead atoms. The molecule has 0 aliphatic carbocycles. The van der Waals surface area contributed by atoms with Gasteiger partial charge in [0.1, 0.15) is 10.8 Å². The van der Waals surface area contributed by atoms with Gasteiger partial charge >= 0.3 is 0 Å². The Morgan fingerprint density at radius 3 is 2.68 bits per heavy atom. The summed E-state index contributed by atoms with van der Waals surface area (Å²) in [5, 5.41) is 9.21. The molecule has 0 spiro atoms. The van der Waals surface area contributed by atoms with Crippen LogP contribution in [0.3, 0.4) is 0 Å². The summed E-state index contributed by atoms with van der Waals surface area (Å²) in [6, 6.07) is 12.8. The first-order valence-corrected chi connectivity index (χ1v) is 12.2. The number of nitrogens with zero attached hydrogens (tertiary/aromatic N) is 3. The van der Waals surface area contributed by atoms with Crippen molar-refractivity contribution in [1.82, 2.24) is 15.3 Å². The van der Waals surface area contributed by atoms with E-state index in [2.05, 4.69) is 30.8 Å². The van der Waals surface area contributed by atoms with Crippen LogP contribution in [0.5, 0.6) is 5.75 Å². The fourth-order valence-electron chi connectivity index (χ4n) is 4.33. The topological polar surface area (TPSA) is 134 Å². The molecule has 10 nitrogen and oxygen atoms in total. The standard InChI is InChI=1S/C26H30ClN7O3/c1-26(24(28)36)11-6-12-34(15-26)16-9-10-20(21(13-16)37-3)32-25-30-14-18(27)22(33-25)31-19-8-5-4-7-17(19)23(35)29-2/h4-5,7-10,13-14H,6,11-12,15H2,1-3H3,(H2,28,36)(H,29,35)(H2,30,31,32,33). The number of nitrogens with two attached hydrogens (primary N) is 1. The second kappa shape index (κ2) is 10.9. The zero-order valence-corrected chi connectivity index (χ0v) is 21.7. The highest BCUT2D eigenvalue weighted by Crippen LogP contribution is 2.36. The molecule has 1 aliphatic heterocycles. The Morgan fingerprint density at radius 2 is 1.95 bits per heavy atom. The van der Waals surface area contributed by atoms with Gasteiger partial charge in [-0.3, -0.25) is 9.59 Å². The number of hydrogen-bond acceptors (Lipinski definition) is 8. The number of ether oxygens (including phenoxy) is 1. The second-order valence-corrected chi connectivity index (χ2v) is 9.51. The highest BCUT2D eigenvalue weighted by atomic mass is 35.5. The molecule has 1 atom stereocenters. The van der Waals surface area contributed by atoms with Crippen LogP contribution in [0.2, 0.25) is 5.02 Å². The van der Waals surface area contributed by atoms with Gasteiger partial charge in [-0.2, -0.15) is 4.98 Å². The van der Waals surface area contributed by atoms with Crippen molar-refractivity contribution in [1.29, 1.82) is 0 Å². The number of para-hydroxylation sites is 1. The maximum Gasteiger partial charge on any atom is 0.253 e. The number of carbonyl (C=O) groups is 2. The molecule has 1 aliphatic rings. The van der Waals surface area contributed by atoms with Gasteiger partial charge in [-0.1, -0.05) is 23.7 Å². The molecule has 2 heterocycles. The summed E-state index contributed by atoms with van der Waals surface area (Å²) in [5.74, 6) is 0.688. The van der Waals surface area contributed by atoms with E-state index in [1.165, 1.54) is 6.20 Å². The van der Waals surface area contributed by atoms with E-state index in [9.17, 15) is 9.59 Å². The van der Waals surface area contributed by atoms with Crippen molar-refractivity contribution in [2.45, 2.75) is 19.8 Å². The van der Waals surface area contributed by atoms with E-state index in [1.807, 2.05) is 31.2 Å². The molecule has 1 aromatic heterocycles. The predicted molar refractivity (Wildman–Crippen MR) is 145 cm³/mol. The van der Waals surface area contributed by atoms with Crippen LogP contribution in [-0.2, 0) is 4.79 Å². The Kier molecular flexibility index (Phi) is 7.68. The molecule has 11 heteroatoms. The van der Waals surface area contributed by atoms with E-state index in [-0.39, 0.29) is 17.8 Å². The number of piperidine rings is 1. The van der Waals surface area contributed by atoms with Gasteiger partial charge in [0.15, 0.2) is 5.82 Å². The van der Waals surface area contributed by atoms with Gasteiger partial charge in [0, 0.05) is 31.9 Å². The minimum absolute atomic E-state index is 0.235.